The van der Waals surface area contributed by atoms with Gasteiger partial charge in [-0.15, -0.1) is 0 Å². The number of nitrogens with two attached hydrogens (primary N) is 1. The Bertz CT molecular complexity index is 1180. The van der Waals surface area contributed by atoms with Crippen LogP contribution >= 0.6 is 0 Å². The van der Waals surface area contributed by atoms with Crippen LogP contribution in [-0.4, -0.2) is 104 Å². The number of nitrogens with zero attached hydrogens (tertiary/aromatic N) is 1. The summed E-state index contributed by atoms with van der Waals surface area (Å²) in [5, 5.41) is 24.7. The highest BCUT2D eigenvalue weighted by Crippen LogP contribution is 2.20. The Balaban J connectivity index is 1.76. The molecule has 5 amide bonds. The molecule has 2 aliphatic heterocycles. The number of aliphatic hydroxyl groups excluding tert-OH is 1. The van der Waals surface area contributed by atoms with E-state index < -0.39 is 36.0 Å². The molecule has 0 aliphatic carbocycles. The van der Waals surface area contributed by atoms with Crippen molar-refractivity contribution in [2.45, 2.75) is 57.5 Å². The lowest BCUT2D eigenvalue weighted by Gasteiger charge is -2.35. The van der Waals surface area contributed by atoms with Crippen molar-refractivity contribution < 1.29 is 33.8 Å². The van der Waals surface area contributed by atoms with Gasteiger partial charge in [-0.25, -0.2) is 0 Å². The molecule has 3 rings (SSSR count). The number of rotatable bonds is 6. The predicted molar refractivity (Wildman–Crippen MR) is 161 cm³/mol. The lowest BCUT2D eigenvalue weighted by molar-refractivity contribution is -0.130. The van der Waals surface area contributed by atoms with Crippen LogP contribution in [0.1, 0.15) is 37.3 Å². The highest BCUT2D eigenvalue weighted by atomic mass is 16.5. The molecule has 242 valence electrons. The average molecular weight is 616 g/mol. The third-order valence-corrected chi connectivity index (χ3v) is 7.52. The minimum absolute atomic E-state index is 0.0443. The maximum absolute atomic E-state index is 13.1. The standard InChI is InChI=1S/C30H45N7O7/c1-20-28(41)34-18-22-6-3-2-5-21(22)17-26(39)36-24(30(43)33-13-16-44-15-11-31)10-12-32-25(38)8-9-27(40)37-14-4-7-23(19-37)29(42)35-20/h2-3,5-6,8-9,20,23-24,29,35,42H,4,7,10-19,31H2,1H3,(H,32,38)(H,33,43)(H,34,41)(H,36,39)/b9-8+/t20-,23+,24-,29?/m0/s1. The molecule has 4 atom stereocenters. The molecule has 1 aromatic rings. The third kappa shape index (κ3) is 11.3. The molecule has 2 heterocycles. The minimum atomic E-state index is -1.02. The Morgan fingerprint density at radius 2 is 1.86 bits per heavy atom. The number of piperidine rings is 1. The van der Waals surface area contributed by atoms with Gasteiger partial charge >= 0.3 is 0 Å². The van der Waals surface area contributed by atoms with E-state index in [1.165, 1.54) is 6.08 Å². The molecule has 8 N–H and O–H groups in total. The van der Waals surface area contributed by atoms with E-state index in [1.807, 2.05) is 0 Å². The smallest absolute Gasteiger partial charge is 0.246 e. The second-order valence-corrected chi connectivity index (χ2v) is 10.9. The van der Waals surface area contributed by atoms with Gasteiger partial charge in [-0.05, 0) is 37.3 Å². The van der Waals surface area contributed by atoms with Crippen molar-refractivity contribution in [1.82, 2.24) is 31.5 Å². The summed E-state index contributed by atoms with van der Waals surface area (Å²) in [5.74, 6) is -2.38. The highest BCUT2D eigenvalue weighted by Gasteiger charge is 2.30. The maximum Gasteiger partial charge on any atom is 0.246 e. The van der Waals surface area contributed by atoms with Crippen LogP contribution < -0.4 is 32.3 Å². The highest BCUT2D eigenvalue weighted by molar-refractivity contribution is 5.96. The van der Waals surface area contributed by atoms with Gasteiger partial charge < -0.3 is 41.7 Å². The normalized spacial score (nSPS) is 25.3. The maximum atomic E-state index is 13.1. The summed E-state index contributed by atoms with van der Waals surface area (Å²) in [6.45, 7) is 3.79. The van der Waals surface area contributed by atoms with Crippen LogP contribution in [0.5, 0.6) is 0 Å². The number of hydrogen-bond donors (Lipinski definition) is 7. The van der Waals surface area contributed by atoms with Gasteiger partial charge in [-0.3, -0.25) is 29.3 Å². The Morgan fingerprint density at radius 3 is 2.64 bits per heavy atom. The molecule has 0 radical (unpaired) electrons. The van der Waals surface area contributed by atoms with Gasteiger partial charge in [0.2, 0.25) is 29.5 Å². The van der Waals surface area contributed by atoms with Crippen LogP contribution in [0.15, 0.2) is 36.4 Å². The molecule has 14 heteroatoms. The number of fused-ring (bicyclic) bond motifs is 3. The molecule has 2 bridgehead atoms. The summed E-state index contributed by atoms with van der Waals surface area (Å²) in [6.07, 6.45) is 2.67. The van der Waals surface area contributed by atoms with Crippen molar-refractivity contribution in [2.24, 2.45) is 11.7 Å². The van der Waals surface area contributed by atoms with Crippen molar-refractivity contribution in [1.29, 1.82) is 0 Å². The number of aliphatic hydroxyl groups is 1. The minimum Gasteiger partial charge on any atom is -0.378 e. The summed E-state index contributed by atoms with van der Waals surface area (Å²) < 4.78 is 5.29. The molecule has 1 unspecified atom stereocenters. The van der Waals surface area contributed by atoms with Gasteiger partial charge in [0.1, 0.15) is 12.3 Å². The summed E-state index contributed by atoms with van der Waals surface area (Å²) >= 11 is 0. The topological polar surface area (TPSA) is 204 Å². The van der Waals surface area contributed by atoms with E-state index in [0.717, 1.165) is 11.6 Å². The fourth-order valence-corrected chi connectivity index (χ4v) is 5.07. The first-order valence-corrected chi connectivity index (χ1v) is 15.1. The van der Waals surface area contributed by atoms with Gasteiger partial charge in [0.25, 0.3) is 0 Å². The predicted octanol–water partition coefficient (Wildman–Crippen LogP) is -1.97. The molecule has 44 heavy (non-hydrogen) atoms. The lowest BCUT2D eigenvalue weighted by atomic mass is 9.95. The van der Waals surface area contributed by atoms with Crippen molar-refractivity contribution in [3.8, 4) is 0 Å². The first-order valence-electron chi connectivity index (χ1n) is 15.1. The van der Waals surface area contributed by atoms with E-state index in [4.69, 9.17) is 10.5 Å². The summed E-state index contributed by atoms with van der Waals surface area (Å²) in [5.41, 5.74) is 6.81. The molecule has 0 aromatic heterocycles. The van der Waals surface area contributed by atoms with Crippen LogP contribution in [0, 0.1) is 5.92 Å². The van der Waals surface area contributed by atoms with E-state index in [1.54, 1.807) is 36.1 Å². The van der Waals surface area contributed by atoms with Crippen LogP contribution in [-0.2, 0) is 41.7 Å². The molecule has 1 saturated heterocycles. The van der Waals surface area contributed by atoms with Crippen molar-refractivity contribution in [2.75, 3.05) is 45.9 Å². The average Bonchev–Trinajstić information content (AvgIpc) is 3.01. The summed E-state index contributed by atoms with van der Waals surface area (Å²) in [6, 6.07) is 5.48. The second kappa shape index (κ2) is 18.1. The lowest BCUT2D eigenvalue weighted by Crippen LogP contribution is -2.52. The number of benzene rings is 1. The van der Waals surface area contributed by atoms with Crippen molar-refractivity contribution in [3.63, 3.8) is 0 Å². The van der Waals surface area contributed by atoms with Gasteiger partial charge in [0.15, 0.2) is 0 Å². The van der Waals surface area contributed by atoms with E-state index in [9.17, 15) is 29.1 Å². The molecule has 2 aliphatic rings. The number of amides is 5. The zero-order valence-electron chi connectivity index (χ0n) is 25.2. The Morgan fingerprint density at radius 1 is 1.09 bits per heavy atom. The van der Waals surface area contributed by atoms with Crippen LogP contribution in [0.2, 0.25) is 0 Å². The van der Waals surface area contributed by atoms with E-state index in [2.05, 4.69) is 26.6 Å². The summed E-state index contributed by atoms with van der Waals surface area (Å²) in [4.78, 5) is 65.6. The number of ether oxygens (including phenoxy) is 1. The first kappa shape index (κ1) is 34.6. The van der Waals surface area contributed by atoms with Crippen molar-refractivity contribution in [3.05, 3.63) is 47.5 Å². The van der Waals surface area contributed by atoms with Gasteiger partial charge in [0.05, 0.1) is 25.7 Å². The van der Waals surface area contributed by atoms with Gasteiger partial charge in [0, 0.05) is 57.3 Å². The summed E-state index contributed by atoms with van der Waals surface area (Å²) in [7, 11) is 0. The second-order valence-electron chi connectivity index (χ2n) is 10.9. The van der Waals surface area contributed by atoms with Crippen molar-refractivity contribution >= 4 is 29.5 Å². The Kier molecular flexibility index (Phi) is 14.2. The first-order chi connectivity index (χ1) is 21.2. The molecular weight excluding hydrogens is 570 g/mol. The Hall–Kier alpha value is -3.85. The van der Waals surface area contributed by atoms with E-state index >= 15 is 0 Å². The zero-order valence-corrected chi connectivity index (χ0v) is 25.2. The number of nitrogens with one attached hydrogen (secondary N) is 5. The number of carbonyl (C=O) groups is 5. The molecule has 14 nitrogen and oxygen atoms in total. The largest absolute Gasteiger partial charge is 0.378 e. The molecule has 1 fully saturated rings. The number of hydrogen-bond acceptors (Lipinski definition) is 9. The molecular formula is C30H45N7O7. The molecule has 1 aromatic carbocycles. The molecule has 0 spiro atoms. The fourth-order valence-electron chi connectivity index (χ4n) is 5.07. The van der Waals surface area contributed by atoms with Crippen LogP contribution in [0.3, 0.4) is 0 Å². The quantitative estimate of drug-likeness (QED) is 0.177. The van der Waals surface area contributed by atoms with E-state index in [0.29, 0.717) is 38.1 Å². The van der Waals surface area contributed by atoms with Gasteiger partial charge in [-0.1, -0.05) is 24.3 Å². The zero-order chi connectivity index (χ0) is 31.9. The number of carbonyl (C=O) groups excluding carboxylic acids is 5. The third-order valence-electron chi connectivity index (χ3n) is 7.52. The van der Waals surface area contributed by atoms with Crippen LogP contribution in [0.4, 0.5) is 0 Å². The SMILES string of the molecule is C[C@@H]1NC(O)[C@@H]2CCCN(C2)C(=O)/C=C/C(=O)NCC[C@@H](C(=O)NCCOCCN)NC(=O)Cc2ccccc2CNC1=O. The Labute approximate surface area is 257 Å². The fraction of sp³-hybridized carbons (Fsp3) is 0.567. The monoisotopic (exact) mass is 615 g/mol. The van der Waals surface area contributed by atoms with E-state index in [-0.39, 0.29) is 63.4 Å². The van der Waals surface area contributed by atoms with Crippen LogP contribution in [0.25, 0.3) is 0 Å². The van der Waals surface area contributed by atoms with Gasteiger partial charge in [-0.2, -0.15) is 0 Å². The molecule has 0 saturated carbocycles.